The topological polar surface area (TPSA) is 118 Å². The molecule has 1 aromatic carbocycles. The zero-order chi connectivity index (χ0) is 16.5. The smallest absolute Gasteiger partial charge is 0.336 e. The van der Waals surface area contributed by atoms with Gasteiger partial charge in [0.25, 0.3) is 5.69 Å². The highest BCUT2D eigenvalue weighted by Crippen LogP contribution is 2.39. The minimum absolute atomic E-state index is 0.0567. The van der Waals surface area contributed by atoms with Crippen molar-refractivity contribution in [2.45, 2.75) is 39.5 Å². The SMILES string of the molecule is CC(C)c1c(C(=O)O)cc(C(=O)O)c(C(C)C)c1[N+](=O)[O-]. The fraction of sp³-hybridized carbons (Fsp3) is 0.429. The summed E-state index contributed by atoms with van der Waals surface area (Å²) in [6.07, 6.45) is 0. The van der Waals surface area contributed by atoms with Gasteiger partial charge in [-0.25, -0.2) is 9.59 Å². The fourth-order valence-electron chi connectivity index (χ4n) is 2.42. The first-order valence-corrected chi connectivity index (χ1v) is 6.41. The van der Waals surface area contributed by atoms with E-state index >= 15 is 0 Å². The highest BCUT2D eigenvalue weighted by Gasteiger charge is 2.33. The zero-order valence-corrected chi connectivity index (χ0v) is 12.2. The molecule has 0 saturated carbocycles. The van der Waals surface area contributed by atoms with Crippen LogP contribution in [0.2, 0.25) is 0 Å². The van der Waals surface area contributed by atoms with E-state index in [0.717, 1.165) is 6.07 Å². The number of hydrogen-bond acceptors (Lipinski definition) is 4. The molecular weight excluding hydrogens is 278 g/mol. The third kappa shape index (κ3) is 3.01. The number of hydrogen-bond donors (Lipinski definition) is 2. The van der Waals surface area contributed by atoms with Crippen LogP contribution in [-0.2, 0) is 0 Å². The number of nitro benzene ring substituents is 1. The molecule has 1 aromatic rings. The first-order chi connectivity index (χ1) is 9.59. The van der Waals surface area contributed by atoms with Crippen molar-refractivity contribution in [3.05, 3.63) is 38.4 Å². The number of rotatable bonds is 5. The average Bonchev–Trinajstić information content (AvgIpc) is 2.34. The summed E-state index contributed by atoms with van der Waals surface area (Å²) in [6.45, 7) is 6.55. The van der Waals surface area contributed by atoms with Gasteiger partial charge >= 0.3 is 11.9 Å². The van der Waals surface area contributed by atoms with Crippen LogP contribution >= 0.6 is 0 Å². The Morgan fingerprint density at radius 2 is 1.33 bits per heavy atom. The molecule has 0 radical (unpaired) electrons. The summed E-state index contributed by atoms with van der Waals surface area (Å²) in [5.41, 5.74) is -0.961. The van der Waals surface area contributed by atoms with Gasteiger partial charge in [-0.15, -0.1) is 0 Å². The van der Waals surface area contributed by atoms with E-state index < -0.39 is 34.4 Å². The van der Waals surface area contributed by atoms with Gasteiger partial charge in [-0.2, -0.15) is 0 Å². The molecule has 0 fully saturated rings. The Kier molecular flexibility index (Phi) is 4.67. The Hall–Kier alpha value is -2.44. The number of nitrogens with zero attached hydrogens (tertiary/aromatic N) is 1. The van der Waals surface area contributed by atoms with Crippen molar-refractivity contribution < 1.29 is 24.7 Å². The summed E-state index contributed by atoms with van der Waals surface area (Å²) in [5.74, 6) is -3.59. The van der Waals surface area contributed by atoms with E-state index in [1.165, 1.54) is 0 Å². The van der Waals surface area contributed by atoms with Crippen LogP contribution in [0.3, 0.4) is 0 Å². The summed E-state index contributed by atoms with van der Waals surface area (Å²) in [6, 6.07) is 1.02. The van der Waals surface area contributed by atoms with Gasteiger partial charge < -0.3 is 10.2 Å². The Labute approximate surface area is 121 Å². The van der Waals surface area contributed by atoms with Crippen LogP contribution in [-0.4, -0.2) is 27.1 Å². The van der Waals surface area contributed by atoms with Gasteiger partial charge in [0.2, 0.25) is 0 Å². The van der Waals surface area contributed by atoms with Crippen LogP contribution in [0, 0.1) is 10.1 Å². The second-order valence-corrected chi connectivity index (χ2v) is 5.32. The van der Waals surface area contributed by atoms with Crippen molar-refractivity contribution in [1.29, 1.82) is 0 Å². The summed E-state index contributed by atoms with van der Waals surface area (Å²) in [4.78, 5) is 33.4. The number of benzene rings is 1. The van der Waals surface area contributed by atoms with E-state index in [-0.39, 0.29) is 22.3 Å². The lowest BCUT2D eigenvalue weighted by Gasteiger charge is -2.18. The molecule has 0 aliphatic heterocycles. The lowest BCUT2D eigenvalue weighted by atomic mass is 9.85. The van der Waals surface area contributed by atoms with Gasteiger partial charge in [0.1, 0.15) is 0 Å². The highest BCUT2D eigenvalue weighted by molar-refractivity contribution is 5.98. The van der Waals surface area contributed by atoms with Crippen molar-refractivity contribution in [2.24, 2.45) is 0 Å². The lowest BCUT2D eigenvalue weighted by Crippen LogP contribution is -2.15. The third-order valence-corrected chi connectivity index (χ3v) is 3.18. The van der Waals surface area contributed by atoms with Gasteiger partial charge in [0, 0.05) is 11.1 Å². The average molecular weight is 295 g/mol. The number of carboxylic acids is 2. The summed E-state index contributed by atoms with van der Waals surface area (Å²) in [7, 11) is 0. The Balaban J connectivity index is 4.03. The van der Waals surface area contributed by atoms with Crippen molar-refractivity contribution in [3.63, 3.8) is 0 Å². The molecule has 21 heavy (non-hydrogen) atoms. The van der Waals surface area contributed by atoms with E-state index in [2.05, 4.69) is 0 Å². The maximum Gasteiger partial charge on any atom is 0.336 e. The van der Waals surface area contributed by atoms with Crippen LogP contribution in [0.4, 0.5) is 5.69 Å². The van der Waals surface area contributed by atoms with Gasteiger partial charge in [-0.3, -0.25) is 10.1 Å². The normalized spacial score (nSPS) is 11.0. The molecular formula is C14H17NO6. The minimum Gasteiger partial charge on any atom is -0.478 e. The number of carbonyl (C=O) groups is 2. The molecule has 2 N–H and O–H groups in total. The van der Waals surface area contributed by atoms with E-state index in [1.54, 1.807) is 27.7 Å². The first kappa shape index (κ1) is 16.6. The van der Waals surface area contributed by atoms with E-state index in [0.29, 0.717) is 0 Å². The first-order valence-electron chi connectivity index (χ1n) is 6.41. The second kappa shape index (κ2) is 5.90. The minimum atomic E-state index is -1.38. The number of nitro groups is 1. The molecule has 7 heteroatoms. The van der Waals surface area contributed by atoms with Crippen molar-refractivity contribution in [1.82, 2.24) is 0 Å². The monoisotopic (exact) mass is 295 g/mol. The van der Waals surface area contributed by atoms with Crippen LogP contribution < -0.4 is 0 Å². The molecule has 0 heterocycles. The van der Waals surface area contributed by atoms with Gasteiger partial charge in [-0.05, 0) is 17.9 Å². The predicted molar refractivity (Wildman–Crippen MR) is 75.2 cm³/mol. The highest BCUT2D eigenvalue weighted by atomic mass is 16.6. The fourth-order valence-corrected chi connectivity index (χ4v) is 2.42. The van der Waals surface area contributed by atoms with Crippen LogP contribution in [0.25, 0.3) is 0 Å². The number of aromatic carboxylic acids is 2. The van der Waals surface area contributed by atoms with Crippen molar-refractivity contribution >= 4 is 17.6 Å². The van der Waals surface area contributed by atoms with Gasteiger partial charge in [0.05, 0.1) is 16.1 Å². The Bertz CT molecular complexity index is 574. The quantitative estimate of drug-likeness (QED) is 0.636. The molecule has 0 unspecified atom stereocenters. The molecule has 0 aliphatic carbocycles. The van der Waals surface area contributed by atoms with E-state index in [9.17, 15) is 29.9 Å². The second-order valence-electron chi connectivity index (χ2n) is 5.32. The van der Waals surface area contributed by atoms with Gasteiger partial charge in [-0.1, -0.05) is 27.7 Å². The molecule has 0 spiro atoms. The summed E-state index contributed by atoms with van der Waals surface area (Å²) >= 11 is 0. The van der Waals surface area contributed by atoms with E-state index in [1.807, 2.05) is 0 Å². The molecule has 1 rings (SSSR count). The predicted octanol–water partition coefficient (Wildman–Crippen LogP) is 3.24. The molecule has 0 atom stereocenters. The molecule has 0 amide bonds. The van der Waals surface area contributed by atoms with Crippen LogP contribution in [0.5, 0.6) is 0 Å². The van der Waals surface area contributed by atoms with Crippen molar-refractivity contribution in [3.8, 4) is 0 Å². The molecule has 7 nitrogen and oxygen atoms in total. The summed E-state index contributed by atoms with van der Waals surface area (Å²) < 4.78 is 0. The standard InChI is InChI=1S/C14H17NO6/c1-6(2)10-8(13(16)17)5-9(14(18)19)11(7(3)4)12(10)15(20)21/h5-7H,1-4H3,(H,16,17)(H,18,19). The maximum atomic E-state index is 11.4. The molecule has 114 valence electrons. The zero-order valence-electron chi connectivity index (χ0n) is 12.2. The Morgan fingerprint density at radius 1 is 1.00 bits per heavy atom. The van der Waals surface area contributed by atoms with Crippen molar-refractivity contribution in [2.75, 3.05) is 0 Å². The summed E-state index contributed by atoms with van der Waals surface area (Å²) in [5, 5.41) is 29.9. The van der Waals surface area contributed by atoms with E-state index in [4.69, 9.17) is 0 Å². The van der Waals surface area contributed by atoms with Crippen LogP contribution in [0.15, 0.2) is 6.07 Å². The Morgan fingerprint density at radius 3 is 1.52 bits per heavy atom. The lowest BCUT2D eigenvalue weighted by molar-refractivity contribution is -0.386. The molecule has 0 aliphatic rings. The molecule has 0 bridgehead atoms. The largest absolute Gasteiger partial charge is 0.478 e. The third-order valence-electron chi connectivity index (χ3n) is 3.18. The van der Waals surface area contributed by atoms with Gasteiger partial charge in [0.15, 0.2) is 0 Å². The number of carboxylic acid groups (broad SMARTS) is 2. The molecule has 0 saturated heterocycles. The maximum absolute atomic E-state index is 11.4. The molecule has 0 aromatic heterocycles. The van der Waals surface area contributed by atoms with Crippen LogP contribution in [0.1, 0.15) is 71.4 Å².